The summed E-state index contributed by atoms with van der Waals surface area (Å²) >= 11 is 1.85. The number of aliphatic hydroxyl groups is 1. The van der Waals surface area contributed by atoms with Crippen molar-refractivity contribution < 1.29 is 9.84 Å². The fourth-order valence-electron chi connectivity index (χ4n) is 2.99. The lowest BCUT2D eigenvalue weighted by molar-refractivity contribution is 0.0870. The molecule has 0 fully saturated rings. The van der Waals surface area contributed by atoms with Gasteiger partial charge in [0.2, 0.25) is 0 Å². The monoisotopic (exact) mass is 303 g/mol. The van der Waals surface area contributed by atoms with Crippen molar-refractivity contribution in [3.8, 4) is 5.75 Å². The first-order chi connectivity index (χ1) is 10.2. The molecule has 0 saturated heterocycles. The van der Waals surface area contributed by atoms with Crippen molar-refractivity contribution in [1.29, 1.82) is 0 Å². The molecule has 4 heteroatoms. The van der Waals surface area contributed by atoms with E-state index in [4.69, 9.17) is 4.74 Å². The van der Waals surface area contributed by atoms with Gasteiger partial charge in [-0.05, 0) is 48.1 Å². The van der Waals surface area contributed by atoms with E-state index in [0.29, 0.717) is 12.6 Å². The van der Waals surface area contributed by atoms with Crippen molar-refractivity contribution in [1.82, 2.24) is 4.90 Å². The number of nitrogens with zero attached hydrogens (tertiary/aromatic N) is 1. The van der Waals surface area contributed by atoms with Gasteiger partial charge in [0.15, 0.2) is 0 Å². The molecular weight excluding hydrogens is 282 g/mol. The lowest BCUT2D eigenvalue weighted by atomic mass is 10.00. The van der Waals surface area contributed by atoms with E-state index in [1.54, 1.807) is 7.11 Å². The number of hydrogen-bond donors (Lipinski definition) is 1. The molecule has 2 heterocycles. The second-order valence-corrected chi connectivity index (χ2v) is 6.51. The van der Waals surface area contributed by atoms with Crippen LogP contribution in [0.3, 0.4) is 0 Å². The number of ether oxygens (including phenoxy) is 1. The summed E-state index contributed by atoms with van der Waals surface area (Å²) in [5.41, 5.74) is 2.33. The Morgan fingerprint density at radius 1 is 1.43 bits per heavy atom. The fraction of sp³-hybridized carbons (Fsp3) is 0.412. The van der Waals surface area contributed by atoms with E-state index in [0.717, 1.165) is 24.3 Å². The van der Waals surface area contributed by atoms with E-state index < -0.39 is 6.10 Å². The summed E-state index contributed by atoms with van der Waals surface area (Å²) in [5, 5.41) is 12.7. The number of hydrogen-bond acceptors (Lipinski definition) is 4. The van der Waals surface area contributed by atoms with Gasteiger partial charge in [0.25, 0.3) is 0 Å². The average Bonchev–Trinajstić information content (AvgIpc) is 2.99. The first kappa shape index (κ1) is 14.6. The van der Waals surface area contributed by atoms with Gasteiger partial charge in [0.05, 0.1) is 13.2 Å². The van der Waals surface area contributed by atoms with E-state index in [1.807, 2.05) is 35.6 Å². The molecule has 112 valence electrons. The van der Waals surface area contributed by atoms with Crippen LogP contribution in [0.4, 0.5) is 0 Å². The zero-order valence-corrected chi connectivity index (χ0v) is 13.3. The molecule has 0 aliphatic carbocycles. The zero-order valence-electron chi connectivity index (χ0n) is 12.5. The largest absolute Gasteiger partial charge is 0.497 e. The van der Waals surface area contributed by atoms with Crippen molar-refractivity contribution in [2.75, 3.05) is 20.2 Å². The predicted octanol–water partition coefficient (Wildman–Crippen LogP) is 3.41. The number of aliphatic hydroxyl groups excluding tert-OH is 1. The minimum Gasteiger partial charge on any atom is -0.497 e. The Balaban J connectivity index is 1.71. The van der Waals surface area contributed by atoms with E-state index in [9.17, 15) is 5.11 Å². The van der Waals surface area contributed by atoms with Crippen LogP contribution < -0.4 is 4.74 Å². The maximum Gasteiger partial charge on any atom is 0.119 e. The molecule has 1 aliphatic rings. The Kier molecular flexibility index (Phi) is 4.29. The average molecular weight is 303 g/mol. The van der Waals surface area contributed by atoms with Gasteiger partial charge in [-0.25, -0.2) is 0 Å². The van der Waals surface area contributed by atoms with E-state index in [2.05, 4.69) is 23.3 Å². The van der Waals surface area contributed by atoms with Crippen molar-refractivity contribution >= 4 is 11.3 Å². The quantitative estimate of drug-likeness (QED) is 0.939. The summed E-state index contributed by atoms with van der Waals surface area (Å²) in [6.07, 6.45) is 0.602. The van der Waals surface area contributed by atoms with Crippen molar-refractivity contribution in [2.24, 2.45) is 0 Å². The van der Waals surface area contributed by atoms with Crippen molar-refractivity contribution in [3.63, 3.8) is 0 Å². The predicted molar refractivity (Wildman–Crippen MR) is 86.0 cm³/mol. The fourth-order valence-corrected chi connectivity index (χ4v) is 3.95. The zero-order chi connectivity index (χ0) is 14.8. The van der Waals surface area contributed by atoms with Crippen LogP contribution in [0.15, 0.2) is 35.7 Å². The molecule has 2 aromatic rings. The normalized spacial score (nSPS) is 20.0. The van der Waals surface area contributed by atoms with Crippen LogP contribution in [0.2, 0.25) is 0 Å². The van der Waals surface area contributed by atoms with E-state index in [-0.39, 0.29) is 0 Å². The van der Waals surface area contributed by atoms with Gasteiger partial charge >= 0.3 is 0 Å². The van der Waals surface area contributed by atoms with Crippen LogP contribution in [0.25, 0.3) is 0 Å². The highest BCUT2D eigenvalue weighted by Gasteiger charge is 2.26. The van der Waals surface area contributed by atoms with Gasteiger partial charge in [0, 0.05) is 24.0 Å². The Morgan fingerprint density at radius 2 is 2.29 bits per heavy atom. The molecule has 2 atom stereocenters. The van der Waals surface area contributed by atoms with Crippen molar-refractivity contribution in [3.05, 3.63) is 51.7 Å². The first-order valence-electron chi connectivity index (χ1n) is 7.31. The first-order valence-corrected chi connectivity index (χ1v) is 8.19. The van der Waals surface area contributed by atoms with Crippen LogP contribution in [-0.4, -0.2) is 30.2 Å². The van der Waals surface area contributed by atoms with Gasteiger partial charge < -0.3 is 9.84 Å². The van der Waals surface area contributed by atoms with Crippen LogP contribution in [0, 0.1) is 0 Å². The van der Waals surface area contributed by atoms with Crippen LogP contribution in [0.1, 0.15) is 35.1 Å². The van der Waals surface area contributed by atoms with Gasteiger partial charge in [0.1, 0.15) is 5.75 Å². The summed E-state index contributed by atoms with van der Waals surface area (Å²) in [4.78, 5) is 3.86. The van der Waals surface area contributed by atoms with Gasteiger partial charge in [-0.2, -0.15) is 0 Å². The number of thiophene rings is 1. The summed E-state index contributed by atoms with van der Waals surface area (Å²) < 4.78 is 5.23. The molecule has 1 aromatic heterocycles. The van der Waals surface area contributed by atoms with Crippen LogP contribution in [0.5, 0.6) is 5.75 Å². The van der Waals surface area contributed by atoms with E-state index >= 15 is 0 Å². The Bertz CT molecular complexity index is 610. The molecular formula is C17H21NO2S. The molecule has 0 saturated carbocycles. The van der Waals surface area contributed by atoms with Gasteiger partial charge in [-0.1, -0.05) is 12.1 Å². The second-order valence-electron chi connectivity index (χ2n) is 5.51. The third-order valence-corrected chi connectivity index (χ3v) is 5.29. The number of β-amino-alcohol motifs (C(OH)–C–C–N with tert-alkyl or cyclic N) is 1. The molecule has 1 aromatic carbocycles. The standard InChI is InChI=1S/C17H21NO2S/c1-12-15-7-9-21-17(15)6-8-18(12)11-16(19)13-4-3-5-14(10-13)20-2/h3-5,7,9-10,12,16,19H,6,8,11H2,1-2H3. The maximum absolute atomic E-state index is 10.5. The number of methoxy groups -OCH3 is 1. The molecule has 3 rings (SSSR count). The topological polar surface area (TPSA) is 32.7 Å². The van der Waals surface area contributed by atoms with Crippen LogP contribution in [-0.2, 0) is 6.42 Å². The minimum atomic E-state index is -0.484. The van der Waals surface area contributed by atoms with E-state index in [1.165, 1.54) is 10.4 Å². The number of rotatable bonds is 4. The number of fused-ring (bicyclic) bond motifs is 1. The summed E-state index contributed by atoms with van der Waals surface area (Å²) in [6, 6.07) is 10.3. The Hall–Kier alpha value is -1.36. The molecule has 0 amide bonds. The number of benzene rings is 1. The SMILES string of the molecule is COc1cccc(C(O)CN2CCc3sccc3C2C)c1. The second kappa shape index (κ2) is 6.18. The molecule has 21 heavy (non-hydrogen) atoms. The minimum absolute atomic E-state index is 0.375. The highest BCUT2D eigenvalue weighted by Crippen LogP contribution is 2.34. The van der Waals surface area contributed by atoms with Crippen molar-refractivity contribution in [2.45, 2.75) is 25.5 Å². The molecule has 3 nitrogen and oxygen atoms in total. The summed E-state index contributed by atoms with van der Waals surface area (Å²) in [7, 11) is 1.65. The summed E-state index contributed by atoms with van der Waals surface area (Å²) in [5.74, 6) is 0.790. The molecule has 0 spiro atoms. The third kappa shape index (κ3) is 2.98. The molecule has 2 unspecified atom stereocenters. The maximum atomic E-state index is 10.5. The molecule has 1 N–H and O–H groups in total. The lowest BCUT2D eigenvalue weighted by Gasteiger charge is -2.35. The molecule has 0 radical (unpaired) electrons. The Morgan fingerprint density at radius 3 is 3.10 bits per heavy atom. The van der Waals surface area contributed by atoms with Gasteiger partial charge in [-0.3, -0.25) is 4.90 Å². The highest BCUT2D eigenvalue weighted by molar-refractivity contribution is 7.10. The highest BCUT2D eigenvalue weighted by atomic mass is 32.1. The smallest absolute Gasteiger partial charge is 0.119 e. The lowest BCUT2D eigenvalue weighted by Crippen LogP contribution is -2.36. The van der Waals surface area contributed by atoms with Gasteiger partial charge in [-0.15, -0.1) is 11.3 Å². The molecule has 1 aliphatic heterocycles. The summed E-state index contributed by atoms with van der Waals surface area (Å²) in [6.45, 7) is 3.89. The van der Waals surface area contributed by atoms with Crippen LogP contribution >= 0.6 is 11.3 Å². The molecule has 0 bridgehead atoms. The third-order valence-electron chi connectivity index (χ3n) is 4.29. The Labute approximate surface area is 129 Å².